The van der Waals surface area contributed by atoms with Crippen LogP contribution < -0.4 is 5.32 Å². The number of aromatic nitrogens is 1. The van der Waals surface area contributed by atoms with Crippen molar-refractivity contribution in [3.8, 4) is 0 Å². The van der Waals surface area contributed by atoms with E-state index in [1.165, 1.54) is 11.3 Å². The Hall–Kier alpha value is -1.30. The maximum absolute atomic E-state index is 10.9. The summed E-state index contributed by atoms with van der Waals surface area (Å²) in [7, 11) is 0. The molecule has 7 heteroatoms. The number of aryl methyl sites for hydroxylation is 1. The maximum Gasteiger partial charge on any atom is 0.355 e. The zero-order valence-corrected chi connectivity index (χ0v) is 11.5. The smallest absolute Gasteiger partial charge is 0.355 e. The van der Waals surface area contributed by atoms with E-state index in [0.29, 0.717) is 25.7 Å². The van der Waals surface area contributed by atoms with Crippen molar-refractivity contribution in [2.24, 2.45) is 0 Å². The molecule has 0 spiro atoms. The van der Waals surface area contributed by atoms with Gasteiger partial charge in [0, 0.05) is 9.90 Å². The normalized spacial score (nSPS) is 10.4. The second-order valence-corrected chi connectivity index (χ2v) is 5.52. The number of hydrogen-bond donors (Lipinski definition) is 2. The highest BCUT2D eigenvalue weighted by Gasteiger charge is 2.14. The van der Waals surface area contributed by atoms with E-state index in [0.717, 1.165) is 0 Å². The van der Waals surface area contributed by atoms with Gasteiger partial charge >= 0.3 is 5.97 Å². The van der Waals surface area contributed by atoms with E-state index in [4.69, 9.17) is 28.3 Å². The maximum atomic E-state index is 10.9. The third kappa shape index (κ3) is 2.75. The van der Waals surface area contributed by atoms with Crippen molar-refractivity contribution in [2.75, 3.05) is 5.32 Å². The molecule has 0 amide bonds. The lowest BCUT2D eigenvalue weighted by atomic mass is 10.3. The molecule has 2 aromatic rings. The fourth-order valence-corrected chi connectivity index (χ4v) is 2.63. The average molecular weight is 303 g/mol. The van der Waals surface area contributed by atoms with E-state index < -0.39 is 5.97 Å². The van der Waals surface area contributed by atoms with Crippen molar-refractivity contribution in [1.29, 1.82) is 0 Å². The quantitative estimate of drug-likeness (QED) is 0.892. The van der Waals surface area contributed by atoms with E-state index >= 15 is 0 Å². The second kappa shape index (κ2) is 5.14. The number of carboxylic acid groups (broad SMARTS) is 1. The van der Waals surface area contributed by atoms with Crippen molar-refractivity contribution in [2.45, 2.75) is 6.92 Å². The van der Waals surface area contributed by atoms with E-state index in [1.807, 2.05) is 0 Å². The van der Waals surface area contributed by atoms with Crippen molar-refractivity contribution in [3.05, 3.63) is 38.8 Å². The third-order valence-electron chi connectivity index (χ3n) is 2.17. The van der Waals surface area contributed by atoms with Gasteiger partial charge in [-0.05, 0) is 25.1 Å². The Morgan fingerprint density at radius 2 is 2.17 bits per heavy atom. The van der Waals surface area contributed by atoms with Gasteiger partial charge in [-0.2, -0.15) is 0 Å². The molecule has 0 unspecified atom stereocenters. The predicted octanol–water partition coefficient (Wildman–Crippen LogP) is 4.20. The molecule has 0 aliphatic rings. The van der Waals surface area contributed by atoms with E-state index in [2.05, 4.69) is 10.3 Å². The lowest BCUT2D eigenvalue weighted by Gasteiger charge is -2.04. The van der Waals surface area contributed by atoms with Crippen LogP contribution in [0.3, 0.4) is 0 Å². The van der Waals surface area contributed by atoms with Gasteiger partial charge in [-0.1, -0.05) is 23.2 Å². The minimum Gasteiger partial charge on any atom is -0.476 e. The zero-order valence-electron chi connectivity index (χ0n) is 9.20. The van der Waals surface area contributed by atoms with Gasteiger partial charge in [0.15, 0.2) is 10.8 Å². The first-order valence-electron chi connectivity index (χ1n) is 4.90. The van der Waals surface area contributed by atoms with E-state index in [1.54, 1.807) is 25.1 Å². The van der Waals surface area contributed by atoms with Crippen molar-refractivity contribution < 1.29 is 9.90 Å². The van der Waals surface area contributed by atoms with Crippen LogP contribution in [0, 0.1) is 6.92 Å². The molecule has 18 heavy (non-hydrogen) atoms. The van der Waals surface area contributed by atoms with Gasteiger partial charge in [-0.3, -0.25) is 0 Å². The van der Waals surface area contributed by atoms with Gasteiger partial charge < -0.3 is 10.4 Å². The molecular formula is C11H8Cl2N2O2S. The Morgan fingerprint density at radius 3 is 2.72 bits per heavy atom. The largest absolute Gasteiger partial charge is 0.476 e. The number of carbonyl (C=O) groups is 1. The number of carboxylic acids is 1. The minimum atomic E-state index is -1.04. The molecule has 0 atom stereocenters. The van der Waals surface area contributed by atoms with Crippen molar-refractivity contribution in [1.82, 2.24) is 4.98 Å². The Morgan fingerprint density at radius 1 is 1.44 bits per heavy atom. The number of thiazole rings is 1. The highest BCUT2D eigenvalue weighted by molar-refractivity contribution is 7.15. The topological polar surface area (TPSA) is 62.2 Å². The first kappa shape index (κ1) is 13.1. The number of aromatic carboxylic acids is 1. The average Bonchev–Trinajstić information content (AvgIpc) is 2.64. The number of hydrogen-bond acceptors (Lipinski definition) is 4. The lowest BCUT2D eigenvalue weighted by Crippen LogP contribution is -1.99. The molecule has 0 radical (unpaired) electrons. The summed E-state index contributed by atoms with van der Waals surface area (Å²) in [5, 5.41) is 13.3. The molecule has 1 aromatic heterocycles. The van der Waals surface area contributed by atoms with Crippen LogP contribution in [-0.2, 0) is 0 Å². The van der Waals surface area contributed by atoms with Gasteiger partial charge in [0.25, 0.3) is 0 Å². The van der Waals surface area contributed by atoms with Gasteiger partial charge in [-0.15, -0.1) is 11.3 Å². The Labute approximate surface area is 117 Å². The summed E-state index contributed by atoms with van der Waals surface area (Å²) in [6, 6.07) is 5.00. The Bertz CT molecular complexity index is 613. The van der Waals surface area contributed by atoms with Gasteiger partial charge in [-0.25, -0.2) is 9.78 Å². The lowest BCUT2D eigenvalue weighted by molar-refractivity contribution is 0.0690. The highest BCUT2D eigenvalue weighted by atomic mass is 35.5. The SMILES string of the molecule is Cc1sc(Nc2ccc(Cl)cc2Cl)nc1C(=O)O. The Kier molecular flexibility index (Phi) is 3.75. The fourth-order valence-electron chi connectivity index (χ4n) is 1.35. The molecule has 0 bridgehead atoms. The molecule has 1 aromatic carbocycles. The molecule has 2 rings (SSSR count). The second-order valence-electron chi connectivity index (χ2n) is 3.48. The molecule has 0 aliphatic heterocycles. The highest BCUT2D eigenvalue weighted by Crippen LogP contribution is 2.31. The first-order valence-corrected chi connectivity index (χ1v) is 6.47. The van der Waals surface area contributed by atoms with E-state index in [9.17, 15) is 4.79 Å². The molecular weight excluding hydrogens is 295 g/mol. The molecule has 1 heterocycles. The van der Waals surface area contributed by atoms with Gasteiger partial charge in [0.2, 0.25) is 0 Å². The van der Waals surface area contributed by atoms with Crippen LogP contribution in [0.15, 0.2) is 18.2 Å². The monoisotopic (exact) mass is 302 g/mol. The number of nitrogens with zero attached hydrogens (tertiary/aromatic N) is 1. The Balaban J connectivity index is 2.29. The molecule has 0 saturated carbocycles. The molecule has 4 nitrogen and oxygen atoms in total. The zero-order chi connectivity index (χ0) is 13.3. The number of halogens is 2. The molecule has 0 saturated heterocycles. The van der Waals surface area contributed by atoms with Gasteiger partial charge in [0.05, 0.1) is 10.7 Å². The standard InChI is InChI=1S/C11H8Cl2N2O2S/c1-5-9(10(16)17)15-11(18-5)14-8-3-2-6(12)4-7(8)13/h2-4H,1H3,(H,14,15)(H,16,17). The van der Waals surface area contributed by atoms with Crippen LogP contribution in [-0.4, -0.2) is 16.1 Å². The summed E-state index contributed by atoms with van der Waals surface area (Å²) in [6.07, 6.45) is 0. The first-order chi connectivity index (χ1) is 8.47. The molecule has 0 fully saturated rings. The molecule has 2 N–H and O–H groups in total. The summed E-state index contributed by atoms with van der Waals surface area (Å²) in [6.45, 7) is 1.70. The van der Waals surface area contributed by atoms with Crippen LogP contribution in [0.1, 0.15) is 15.4 Å². The summed E-state index contributed by atoms with van der Waals surface area (Å²) in [4.78, 5) is 15.5. The van der Waals surface area contributed by atoms with Crippen LogP contribution in [0.2, 0.25) is 10.0 Å². The minimum absolute atomic E-state index is 0.0487. The predicted molar refractivity (Wildman–Crippen MR) is 73.6 cm³/mol. The van der Waals surface area contributed by atoms with Crippen LogP contribution >= 0.6 is 34.5 Å². The number of anilines is 2. The number of benzene rings is 1. The fraction of sp³-hybridized carbons (Fsp3) is 0.0909. The van der Waals surface area contributed by atoms with Crippen molar-refractivity contribution >= 4 is 51.3 Å². The number of nitrogens with one attached hydrogen (secondary N) is 1. The summed E-state index contributed by atoms with van der Waals surface area (Å²) >= 11 is 13.0. The summed E-state index contributed by atoms with van der Waals surface area (Å²) < 4.78 is 0. The number of rotatable bonds is 3. The summed E-state index contributed by atoms with van der Waals surface area (Å²) in [5.41, 5.74) is 0.680. The van der Waals surface area contributed by atoms with Crippen LogP contribution in [0.4, 0.5) is 10.8 Å². The molecule has 94 valence electrons. The van der Waals surface area contributed by atoms with Crippen LogP contribution in [0.25, 0.3) is 0 Å². The summed E-state index contributed by atoms with van der Waals surface area (Å²) in [5.74, 6) is -1.04. The van der Waals surface area contributed by atoms with Crippen LogP contribution in [0.5, 0.6) is 0 Å². The van der Waals surface area contributed by atoms with Crippen molar-refractivity contribution in [3.63, 3.8) is 0 Å². The third-order valence-corrected chi connectivity index (χ3v) is 3.61. The van der Waals surface area contributed by atoms with E-state index in [-0.39, 0.29) is 5.69 Å². The molecule has 0 aliphatic carbocycles. The van der Waals surface area contributed by atoms with Gasteiger partial charge in [0.1, 0.15) is 0 Å².